The summed E-state index contributed by atoms with van der Waals surface area (Å²) in [5.74, 6) is 2.29. The Kier molecular flexibility index (Phi) is 4.06. The monoisotopic (exact) mass is 276 g/mol. The Morgan fingerprint density at radius 3 is 2.80 bits per heavy atom. The molecule has 0 saturated heterocycles. The Morgan fingerprint density at radius 1 is 1.20 bits per heavy atom. The van der Waals surface area contributed by atoms with Crippen LogP contribution in [0.15, 0.2) is 18.2 Å². The highest BCUT2D eigenvalue weighted by molar-refractivity contribution is 5.92. The molecule has 1 heterocycles. The molecular weight excluding hydrogens is 256 g/mol. The molecule has 1 aromatic carbocycles. The number of anilines is 1. The third kappa shape index (κ3) is 3.63. The number of nitrogens with one attached hydrogen (secondary N) is 2. The number of fused-ring (bicyclic) bond motifs is 1. The largest absolute Gasteiger partial charge is 0.486 e. The molecule has 1 amide bonds. The summed E-state index contributed by atoms with van der Waals surface area (Å²) >= 11 is 0. The molecule has 0 spiro atoms. The second-order valence-corrected chi connectivity index (χ2v) is 5.32. The summed E-state index contributed by atoms with van der Waals surface area (Å²) in [6, 6.07) is 5.46. The molecule has 1 aliphatic heterocycles. The van der Waals surface area contributed by atoms with Crippen LogP contribution in [0.5, 0.6) is 11.5 Å². The Hall–Kier alpha value is -1.75. The molecule has 2 N–H and O–H groups in total. The lowest BCUT2D eigenvalue weighted by Crippen LogP contribution is -2.29. The van der Waals surface area contributed by atoms with E-state index in [2.05, 4.69) is 10.6 Å². The topological polar surface area (TPSA) is 59.6 Å². The standard InChI is InChI=1S/C15H20N2O3/c18-15(10-16-6-5-11-1-2-11)17-12-3-4-13-14(9-12)20-8-7-19-13/h3-4,9,11,16H,1-2,5-8,10H2,(H,17,18). The quantitative estimate of drug-likeness (QED) is 0.778. The van der Waals surface area contributed by atoms with E-state index in [-0.39, 0.29) is 5.91 Å². The van der Waals surface area contributed by atoms with Gasteiger partial charge in [0.15, 0.2) is 11.5 Å². The summed E-state index contributed by atoms with van der Waals surface area (Å²) in [6.45, 7) is 2.39. The second kappa shape index (κ2) is 6.13. The van der Waals surface area contributed by atoms with Crippen molar-refractivity contribution < 1.29 is 14.3 Å². The first-order chi connectivity index (χ1) is 9.81. The van der Waals surface area contributed by atoms with Crippen molar-refractivity contribution in [3.05, 3.63) is 18.2 Å². The normalized spacial score (nSPS) is 16.8. The van der Waals surface area contributed by atoms with Gasteiger partial charge in [0.1, 0.15) is 13.2 Å². The first-order valence-corrected chi connectivity index (χ1v) is 7.21. The lowest BCUT2D eigenvalue weighted by molar-refractivity contribution is -0.115. The van der Waals surface area contributed by atoms with Gasteiger partial charge in [0.2, 0.25) is 5.91 Å². The third-order valence-corrected chi connectivity index (χ3v) is 3.54. The molecule has 20 heavy (non-hydrogen) atoms. The Labute approximate surface area is 118 Å². The average molecular weight is 276 g/mol. The number of rotatable bonds is 6. The maximum atomic E-state index is 11.8. The molecule has 5 heteroatoms. The van der Waals surface area contributed by atoms with E-state index >= 15 is 0 Å². The van der Waals surface area contributed by atoms with Gasteiger partial charge >= 0.3 is 0 Å². The van der Waals surface area contributed by atoms with Gasteiger partial charge in [-0.15, -0.1) is 0 Å². The Morgan fingerprint density at radius 2 is 2.00 bits per heavy atom. The van der Waals surface area contributed by atoms with E-state index in [1.165, 1.54) is 19.3 Å². The first kappa shape index (κ1) is 13.2. The lowest BCUT2D eigenvalue weighted by atomic mass is 10.2. The molecule has 108 valence electrons. The van der Waals surface area contributed by atoms with Crippen LogP contribution in [0.4, 0.5) is 5.69 Å². The number of benzene rings is 1. The molecular formula is C15H20N2O3. The maximum absolute atomic E-state index is 11.8. The molecule has 0 aromatic heterocycles. The van der Waals surface area contributed by atoms with Crippen LogP contribution in [0.2, 0.25) is 0 Å². The summed E-state index contributed by atoms with van der Waals surface area (Å²) in [5, 5.41) is 6.03. The zero-order valence-electron chi connectivity index (χ0n) is 11.5. The fourth-order valence-corrected chi connectivity index (χ4v) is 2.24. The van der Waals surface area contributed by atoms with Crippen molar-refractivity contribution in [3.8, 4) is 11.5 Å². The van der Waals surface area contributed by atoms with Crippen LogP contribution < -0.4 is 20.1 Å². The predicted octanol–water partition coefficient (Wildman–Crippen LogP) is 1.79. The summed E-state index contributed by atoms with van der Waals surface area (Å²) < 4.78 is 10.9. The lowest BCUT2D eigenvalue weighted by Gasteiger charge is -2.19. The third-order valence-electron chi connectivity index (χ3n) is 3.54. The molecule has 2 aliphatic rings. The van der Waals surface area contributed by atoms with Gasteiger partial charge in [0, 0.05) is 11.8 Å². The molecule has 1 aromatic rings. The van der Waals surface area contributed by atoms with Gasteiger partial charge in [-0.25, -0.2) is 0 Å². The SMILES string of the molecule is O=C(CNCCC1CC1)Nc1ccc2c(c1)OCCO2. The molecule has 0 unspecified atom stereocenters. The van der Waals surface area contributed by atoms with E-state index in [0.29, 0.717) is 25.5 Å². The number of ether oxygens (including phenoxy) is 2. The number of amides is 1. The van der Waals surface area contributed by atoms with Gasteiger partial charge in [-0.2, -0.15) is 0 Å². The van der Waals surface area contributed by atoms with Crippen molar-refractivity contribution in [3.63, 3.8) is 0 Å². The van der Waals surface area contributed by atoms with Crippen LogP contribution in [0.25, 0.3) is 0 Å². The highest BCUT2D eigenvalue weighted by Crippen LogP contribution is 2.32. The zero-order chi connectivity index (χ0) is 13.8. The van der Waals surface area contributed by atoms with Crippen LogP contribution in [-0.2, 0) is 4.79 Å². The van der Waals surface area contributed by atoms with Crippen molar-refractivity contribution in [2.24, 2.45) is 5.92 Å². The number of hydrogen-bond acceptors (Lipinski definition) is 4. The van der Waals surface area contributed by atoms with Crippen LogP contribution in [0, 0.1) is 5.92 Å². The number of carbonyl (C=O) groups excluding carboxylic acids is 1. The molecule has 0 atom stereocenters. The summed E-state index contributed by atoms with van der Waals surface area (Å²) in [5.41, 5.74) is 0.739. The number of hydrogen-bond donors (Lipinski definition) is 2. The van der Waals surface area contributed by atoms with Crippen LogP contribution in [0.3, 0.4) is 0 Å². The average Bonchev–Trinajstić information content (AvgIpc) is 3.28. The van der Waals surface area contributed by atoms with E-state index in [4.69, 9.17) is 9.47 Å². The van der Waals surface area contributed by atoms with Crippen molar-refractivity contribution >= 4 is 11.6 Å². The minimum Gasteiger partial charge on any atom is -0.486 e. The smallest absolute Gasteiger partial charge is 0.238 e. The molecule has 1 saturated carbocycles. The van der Waals surface area contributed by atoms with Crippen LogP contribution >= 0.6 is 0 Å². The number of carbonyl (C=O) groups is 1. The summed E-state index contributed by atoms with van der Waals surface area (Å²) in [6.07, 6.45) is 3.88. The van der Waals surface area contributed by atoms with E-state index in [1.54, 1.807) is 6.07 Å². The molecule has 3 rings (SSSR count). The highest BCUT2D eigenvalue weighted by atomic mass is 16.6. The maximum Gasteiger partial charge on any atom is 0.238 e. The fraction of sp³-hybridized carbons (Fsp3) is 0.533. The zero-order valence-corrected chi connectivity index (χ0v) is 11.5. The minimum absolute atomic E-state index is 0.0301. The van der Waals surface area contributed by atoms with Gasteiger partial charge in [0.25, 0.3) is 0 Å². The molecule has 0 bridgehead atoms. The Bertz CT molecular complexity index is 486. The second-order valence-electron chi connectivity index (χ2n) is 5.32. The van der Waals surface area contributed by atoms with E-state index < -0.39 is 0 Å². The molecule has 1 aliphatic carbocycles. The van der Waals surface area contributed by atoms with Gasteiger partial charge in [-0.3, -0.25) is 4.79 Å². The van der Waals surface area contributed by atoms with Gasteiger partial charge < -0.3 is 20.1 Å². The molecule has 0 radical (unpaired) electrons. The highest BCUT2D eigenvalue weighted by Gasteiger charge is 2.20. The molecule has 1 fully saturated rings. The summed E-state index contributed by atoms with van der Waals surface area (Å²) in [7, 11) is 0. The Balaban J connectivity index is 1.45. The fourth-order valence-electron chi connectivity index (χ4n) is 2.24. The van der Waals surface area contributed by atoms with Gasteiger partial charge in [0.05, 0.1) is 6.54 Å². The molecule has 5 nitrogen and oxygen atoms in total. The predicted molar refractivity (Wildman–Crippen MR) is 76.3 cm³/mol. The van der Waals surface area contributed by atoms with E-state index in [0.717, 1.165) is 23.9 Å². The van der Waals surface area contributed by atoms with Gasteiger partial charge in [-0.05, 0) is 31.0 Å². The minimum atomic E-state index is -0.0301. The van der Waals surface area contributed by atoms with E-state index in [1.807, 2.05) is 12.1 Å². The van der Waals surface area contributed by atoms with Gasteiger partial charge in [-0.1, -0.05) is 12.8 Å². The first-order valence-electron chi connectivity index (χ1n) is 7.21. The van der Waals surface area contributed by atoms with Crippen LogP contribution in [-0.4, -0.2) is 32.2 Å². The van der Waals surface area contributed by atoms with Crippen molar-refractivity contribution in [2.75, 3.05) is 31.6 Å². The van der Waals surface area contributed by atoms with E-state index in [9.17, 15) is 4.79 Å². The van der Waals surface area contributed by atoms with Crippen LogP contribution in [0.1, 0.15) is 19.3 Å². The van der Waals surface area contributed by atoms with Crippen molar-refractivity contribution in [2.45, 2.75) is 19.3 Å². The summed E-state index contributed by atoms with van der Waals surface area (Å²) in [4.78, 5) is 11.8. The van der Waals surface area contributed by atoms with Crippen molar-refractivity contribution in [1.82, 2.24) is 5.32 Å². The van der Waals surface area contributed by atoms with Crippen molar-refractivity contribution in [1.29, 1.82) is 0 Å².